The first-order chi connectivity index (χ1) is 9.43. The number of hydrogen-bond donors (Lipinski definition) is 0. The number of rotatable bonds is 3. The van der Waals surface area contributed by atoms with Crippen LogP contribution in [0.25, 0.3) is 10.9 Å². The van der Waals surface area contributed by atoms with Gasteiger partial charge in [-0.25, -0.2) is 9.78 Å². The number of pyridine rings is 1. The first-order valence-corrected chi connectivity index (χ1v) is 7.08. The lowest BCUT2D eigenvalue weighted by molar-refractivity contribution is 0.0593. The Kier molecular flexibility index (Phi) is 4.28. The van der Waals surface area contributed by atoms with Gasteiger partial charge in [0.05, 0.1) is 18.7 Å². The van der Waals surface area contributed by atoms with Crippen LogP contribution >= 0.6 is 15.9 Å². The number of aryl methyl sites for hydroxylation is 1. The molecule has 2 aromatic rings. The molecular weight excluding hydrogens is 322 g/mol. The maximum Gasteiger partial charge on any atom is 0.356 e. The quantitative estimate of drug-likeness (QED) is 0.797. The molecule has 0 unspecified atom stereocenters. The van der Waals surface area contributed by atoms with Crippen LogP contribution in [0.4, 0.5) is 0 Å². The maximum absolute atomic E-state index is 11.7. The van der Waals surface area contributed by atoms with Gasteiger partial charge in [0, 0.05) is 15.9 Å². The molecule has 0 atom stereocenters. The smallest absolute Gasteiger partial charge is 0.356 e. The van der Waals surface area contributed by atoms with Gasteiger partial charge in [-0.15, -0.1) is 0 Å². The van der Waals surface area contributed by atoms with Crippen LogP contribution < -0.4 is 4.74 Å². The maximum atomic E-state index is 11.7. The fourth-order valence-electron chi connectivity index (χ4n) is 1.99. The van der Waals surface area contributed by atoms with Crippen LogP contribution in [-0.2, 0) is 4.74 Å². The monoisotopic (exact) mass is 337 g/mol. The zero-order valence-electron chi connectivity index (χ0n) is 11.9. The Hall–Kier alpha value is -1.62. The largest absolute Gasteiger partial charge is 0.490 e. The van der Waals surface area contributed by atoms with Crippen LogP contribution in [0.1, 0.15) is 29.9 Å². The lowest BCUT2D eigenvalue weighted by Crippen LogP contribution is -2.10. The van der Waals surface area contributed by atoms with Gasteiger partial charge in [0.2, 0.25) is 0 Å². The van der Waals surface area contributed by atoms with Crippen molar-refractivity contribution >= 4 is 32.8 Å². The molecule has 1 heterocycles. The lowest BCUT2D eigenvalue weighted by Gasteiger charge is -2.15. The van der Waals surface area contributed by atoms with Crippen molar-refractivity contribution in [2.75, 3.05) is 7.11 Å². The van der Waals surface area contributed by atoms with Crippen molar-refractivity contribution in [1.82, 2.24) is 4.98 Å². The van der Waals surface area contributed by atoms with E-state index in [0.717, 1.165) is 15.4 Å². The third kappa shape index (κ3) is 2.77. The predicted octanol–water partition coefficient (Wildman–Crippen LogP) is 3.88. The van der Waals surface area contributed by atoms with Gasteiger partial charge in [-0.3, -0.25) is 0 Å². The first kappa shape index (κ1) is 14.8. The first-order valence-electron chi connectivity index (χ1n) is 6.29. The van der Waals surface area contributed by atoms with Crippen LogP contribution in [0.15, 0.2) is 22.7 Å². The molecule has 2 rings (SSSR count). The van der Waals surface area contributed by atoms with Crippen molar-refractivity contribution in [2.24, 2.45) is 0 Å². The molecule has 5 heteroatoms. The molecule has 20 heavy (non-hydrogen) atoms. The fourth-order valence-corrected chi connectivity index (χ4v) is 2.41. The molecule has 4 nitrogen and oxygen atoms in total. The standard InChI is InChI=1S/C15H16BrNO3/c1-8(2)20-12-7-11(15(18)19-4)17-14-10(16)6-5-9(3)13(12)14/h5-8H,1-4H3. The lowest BCUT2D eigenvalue weighted by atomic mass is 10.1. The molecular formula is C15H16BrNO3. The third-order valence-electron chi connectivity index (χ3n) is 2.84. The normalized spacial score (nSPS) is 10.9. The summed E-state index contributed by atoms with van der Waals surface area (Å²) in [6.07, 6.45) is 0.00415. The summed E-state index contributed by atoms with van der Waals surface area (Å²) in [4.78, 5) is 16.1. The van der Waals surface area contributed by atoms with E-state index < -0.39 is 5.97 Å². The van der Waals surface area contributed by atoms with E-state index in [0.29, 0.717) is 11.3 Å². The molecule has 106 valence electrons. The van der Waals surface area contributed by atoms with Crippen molar-refractivity contribution in [3.63, 3.8) is 0 Å². The molecule has 0 N–H and O–H groups in total. The summed E-state index contributed by atoms with van der Waals surface area (Å²) in [7, 11) is 1.34. The Balaban J connectivity index is 2.77. The van der Waals surface area contributed by atoms with Crippen LogP contribution in [0.3, 0.4) is 0 Å². The van der Waals surface area contributed by atoms with E-state index in [9.17, 15) is 4.79 Å². The van der Waals surface area contributed by atoms with E-state index in [1.807, 2.05) is 32.9 Å². The molecule has 0 bridgehead atoms. The molecule has 0 aliphatic heterocycles. The van der Waals surface area contributed by atoms with E-state index in [-0.39, 0.29) is 11.8 Å². The molecule has 0 radical (unpaired) electrons. The van der Waals surface area contributed by atoms with Gasteiger partial charge in [0.15, 0.2) is 5.69 Å². The highest BCUT2D eigenvalue weighted by atomic mass is 79.9. The summed E-state index contributed by atoms with van der Waals surface area (Å²) in [5.41, 5.74) is 1.98. The topological polar surface area (TPSA) is 48.4 Å². The van der Waals surface area contributed by atoms with Crippen LogP contribution in [-0.4, -0.2) is 24.2 Å². The number of nitrogens with zero attached hydrogens (tertiary/aromatic N) is 1. The minimum atomic E-state index is -0.478. The van der Waals surface area contributed by atoms with E-state index in [1.165, 1.54) is 7.11 Å². The molecule has 0 aliphatic carbocycles. The number of benzene rings is 1. The number of halogens is 1. The van der Waals surface area contributed by atoms with Crippen molar-refractivity contribution < 1.29 is 14.3 Å². The minimum Gasteiger partial charge on any atom is -0.490 e. The Morgan fingerprint density at radius 2 is 2.05 bits per heavy atom. The molecule has 1 aromatic carbocycles. The summed E-state index contributed by atoms with van der Waals surface area (Å²) in [5.74, 6) is 0.165. The van der Waals surface area contributed by atoms with Crippen molar-refractivity contribution in [2.45, 2.75) is 26.9 Å². The number of ether oxygens (including phenoxy) is 2. The second-order valence-electron chi connectivity index (χ2n) is 4.75. The summed E-state index contributed by atoms with van der Waals surface area (Å²) in [6.45, 7) is 5.87. The van der Waals surface area contributed by atoms with Crippen LogP contribution in [0, 0.1) is 6.92 Å². The number of fused-ring (bicyclic) bond motifs is 1. The summed E-state index contributed by atoms with van der Waals surface area (Å²) >= 11 is 3.47. The summed E-state index contributed by atoms with van der Waals surface area (Å²) in [5, 5.41) is 0.903. The molecule has 0 aliphatic rings. The van der Waals surface area contributed by atoms with Gasteiger partial charge in [-0.2, -0.15) is 0 Å². The van der Waals surface area contributed by atoms with Gasteiger partial charge in [-0.1, -0.05) is 6.07 Å². The van der Waals surface area contributed by atoms with E-state index in [1.54, 1.807) is 6.07 Å². The average molecular weight is 338 g/mol. The Bertz CT molecular complexity index is 668. The molecule has 1 aromatic heterocycles. The highest BCUT2D eigenvalue weighted by molar-refractivity contribution is 9.10. The van der Waals surface area contributed by atoms with Gasteiger partial charge in [-0.05, 0) is 48.3 Å². The van der Waals surface area contributed by atoms with Crippen molar-refractivity contribution in [1.29, 1.82) is 0 Å². The number of methoxy groups -OCH3 is 1. The minimum absolute atomic E-state index is 0.00415. The second kappa shape index (κ2) is 5.79. The Labute approximate surface area is 126 Å². The zero-order valence-corrected chi connectivity index (χ0v) is 13.4. The number of aromatic nitrogens is 1. The zero-order chi connectivity index (χ0) is 14.9. The van der Waals surface area contributed by atoms with E-state index >= 15 is 0 Å². The third-order valence-corrected chi connectivity index (χ3v) is 3.48. The van der Waals surface area contributed by atoms with Gasteiger partial charge in [0.25, 0.3) is 0 Å². The van der Waals surface area contributed by atoms with Gasteiger partial charge < -0.3 is 9.47 Å². The average Bonchev–Trinajstić information content (AvgIpc) is 2.41. The molecule has 0 amide bonds. The Morgan fingerprint density at radius 1 is 1.35 bits per heavy atom. The highest BCUT2D eigenvalue weighted by Gasteiger charge is 2.17. The van der Waals surface area contributed by atoms with Crippen LogP contribution in [0.2, 0.25) is 0 Å². The summed E-state index contributed by atoms with van der Waals surface area (Å²) in [6, 6.07) is 5.53. The fraction of sp³-hybridized carbons (Fsp3) is 0.333. The van der Waals surface area contributed by atoms with Gasteiger partial charge in [0.1, 0.15) is 5.75 Å². The highest BCUT2D eigenvalue weighted by Crippen LogP contribution is 2.33. The second-order valence-corrected chi connectivity index (χ2v) is 5.61. The number of carbonyl (C=O) groups excluding carboxylic acids is 1. The summed E-state index contributed by atoms with van der Waals surface area (Å²) < 4.78 is 11.4. The van der Waals surface area contributed by atoms with Crippen LogP contribution in [0.5, 0.6) is 5.75 Å². The Morgan fingerprint density at radius 3 is 2.65 bits per heavy atom. The van der Waals surface area contributed by atoms with E-state index in [2.05, 4.69) is 20.9 Å². The molecule has 0 saturated carbocycles. The van der Waals surface area contributed by atoms with Crippen molar-refractivity contribution in [3.8, 4) is 5.75 Å². The van der Waals surface area contributed by atoms with Gasteiger partial charge >= 0.3 is 5.97 Å². The number of carbonyl (C=O) groups is 1. The molecule has 0 fully saturated rings. The number of esters is 1. The predicted molar refractivity (Wildman–Crippen MR) is 81.3 cm³/mol. The number of hydrogen-bond acceptors (Lipinski definition) is 4. The molecule has 0 spiro atoms. The molecule has 0 saturated heterocycles. The van der Waals surface area contributed by atoms with E-state index in [4.69, 9.17) is 9.47 Å². The van der Waals surface area contributed by atoms with Crippen molar-refractivity contribution in [3.05, 3.63) is 33.9 Å². The SMILES string of the molecule is COC(=O)c1cc(OC(C)C)c2c(C)ccc(Br)c2n1.